The maximum Gasteiger partial charge on any atom is 0.179 e. The molecular weight excluding hydrogens is 233 g/mol. The molecule has 0 aliphatic heterocycles. The Labute approximate surface area is 93.2 Å². The molecule has 0 aromatic rings. The van der Waals surface area contributed by atoms with Gasteiger partial charge in [-0.05, 0) is 19.6 Å². The van der Waals surface area contributed by atoms with Gasteiger partial charge in [0.1, 0.15) is 0 Å². The molecule has 0 heterocycles. The first-order valence-electron chi connectivity index (χ1n) is 3.22. The van der Waals surface area contributed by atoms with Crippen LogP contribution in [-0.2, 0) is 32.7 Å². The zero-order valence-corrected chi connectivity index (χ0v) is 12.9. The van der Waals surface area contributed by atoms with Crippen molar-refractivity contribution in [2.45, 2.75) is 39.3 Å². The van der Waals surface area contributed by atoms with Crippen LogP contribution >= 0.6 is 0 Å². The van der Waals surface area contributed by atoms with Gasteiger partial charge in [-0.25, -0.2) is 0 Å². The average molecular weight is 252 g/mol. The van der Waals surface area contributed by atoms with Gasteiger partial charge in [-0.2, -0.15) is 0 Å². The Morgan fingerprint density at radius 1 is 1.00 bits per heavy atom. The quantitative estimate of drug-likeness (QED) is 0.655. The van der Waals surface area contributed by atoms with Gasteiger partial charge in [0.25, 0.3) is 0 Å². The summed E-state index contributed by atoms with van der Waals surface area (Å²) in [6.07, 6.45) is 0. The molecule has 0 aromatic heterocycles. The standard InChI is InChI=1S/C3H10OSi.C3H9Si.Y/c1-5(2,3)4;1-4(2)3;/h4H,1-3H3;1-3H3;. The van der Waals surface area contributed by atoms with Crippen LogP contribution in [0.2, 0.25) is 39.3 Å². The van der Waals surface area contributed by atoms with Crippen LogP contribution in [0.15, 0.2) is 0 Å². The minimum atomic E-state index is -1.61. The number of rotatable bonds is 0. The van der Waals surface area contributed by atoms with Crippen molar-refractivity contribution in [3.8, 4) is 0 Å². The Bertz CT molecular complexity index is 52.5. The Balaban J connectivity index is -0.0000000910. The summed E-state index contributed by atoms with van der Waals surface area (Å²) in [6, 6.07) is 0. The third-order valence-electron chi connectivity index (χ3n) is 0. The number of hydrogen-bond acceptors (Lipinski definition) is 1. The number of hydrogen-bond donors (Lipinski definition) is 1. The van der Waals surface area contributed by atoms with Gasteiger partial charge >= 0.3 is 0 Å². The minimum Gasteiger partial charge on any atom is -0.433 e. The second-order valence-electron chi connectivity index (χ2n) is 3.67. The fraction of sp³-hybridized carbons (Fsp3) is 1.00. The van der Waals surface area contributed by atoms with Gasteiger partial charge in [0.2, 0.25) is 0 Å². The van der Waals surface area contributed by atoms with Crippen molar-refractivity contribution < 1.29 is 37.5 Å². The van der Waals surface area contributed by atoms with Crippen LogP contribution in [0.4, 0.5) is 0 Å². The van der Waals surface area contributed by atoms with E-state index in [0.717, 1.165) is 0 Å². The van der Waals surface area contributed by atoms with Crippen molar-refractivity contribution in [3.05, 3.63) is 0 Å². The van der Waals surface area contributed by atoms with Crippen molar-refractivity contribution in [2.75, 3.05) is 0 Å². The van der Waals surface area contributed by atoms with Crippen molar-refractivity contribution in [1.29, 1.82) is 0 Å². The summed E-state index contributed by atoms with van der Waals surface area (Å²) in [6.45, 7) is 12.5. The Morgan fingerprint density at radius 2 is 1.00 bits per heavy atom. The molecule has 0 bridgehead atoms. The van der Waals surface area contributed by atoms with E-state index in [9.17, 15) is 0 Å². The van der Waals surface area contributed by atoms with Crippen molar-refractivity contribution in [2.24, 2.45) is 0 Å². The topological polar surface area (TPSA) is 20.2 Å². The summed E-state index contributed by atoms with van der Waals surface area (Å²) >= 11 is 0. The van der Waals surface area contributed by atoms with Crippen LogP contribution < -0.4 is 0 Å². The van der Waals surface area contributed by atoms with Gasteiger partial charge in [0.15, 0.2) is 8.32 Å². The molecule has 1 N–H and O–H groups in total. The predicted octanol–water partition coefficient (Wildman–Crippen LogP) is 2.18. The first-order chi connectivity index (χ1) is 3.73. The van der Waals surface area contributed by atoms with Gasteiger partial charge in [0.05, 0.1) is 0 Å². The van der Waals surface area contributed by atoms with Gasteiger partial charge in [-0.3, -0.25) is 0 Å². The predicted molar refractivity (Wildman–Crippen MR) is 48.9 cm³/mol. The van der Waals surface area contributed by atoms with E-state index in [1.54, 1.807) is 0 Å². The summed E-state index contributed by atoms with van der Waals surface area (Å²) in [4.78, 5) is 8.66. The maximum absolute atomic E-state index is 8.66. The molecular formula is C6H19OSi2Y. The molecule has 0 amide bonds. The van der Waals surface area contributed by atoms with Crippen LogP contribution in [0, 0.1) is 0 Å². The van der Waals surface area contributed by atoms with E-state index >= 15 is 0 Å². The second kappa shape index (κ2) is 8.59. The molecule has 0 atom stereocenters. The second-order valence-corrected chi connectivity index (χ2v) is 11.0. The van der Waals surface area contributed by atoms with Gasteiger partial charge < -0.3 is 4.80 Å². The molecule has 4 heteroatoms. The molecule has 2 radical (unpaired) electrons. The summed E-state index contributed by atoms with van der Waals surface area (Å²) < 4.78 is 0. The SMILES string of the molecule is C[Si](C)(C)O.C[Si](C)C.[Y]. The third kappa shape index (κ3) is 306. The molecule has 0 aromatic carbocycles. The Morgan fingerprint density at radius 3 is 1.00 bits per heavy atom. The minimum absolute atomic E-state index is 0. The zero-order chi connectivity index (χ0) is 8.08. The third-order valence-corrected chi connectivity index (χ3v) is 0. The summed E-state index contributed by atoms with van der Waals surface area (Å²) in [7, 11) is -1.49. The van der Waals surface area contributed by atoms with Gasteiger partial charge in [-0.1, -0.05) is 19.6 Å². The molecule has 0 fully saturated rings. The average Bonchev–Trinajstić information content (AvgIpc) is 1.19. The van der Waals surface area contributed by atoms with Crippen molar-refractivity contribution >= 4 is 17.1 Å². The van der Waals surface area contributed by atoms with Crippen LogP contribution in [0.1, 0.15) is 0 Å². The van der Waals surface area contributed by atoms with Crippen LogP contribution in [-0.4, -0.2) is 21.9 Å². The molecule has 0 rings (SSSR count). The normalized spacial score (nSPS) is 9.60. The molecule has 60 valence electrons. The summed E-state index contributed by atoms with van der Waals surface area (Å²) in [5, 5.41) is 0. The van der Waals surface area contributed by atoms with E-state index in [1.165, 1.54) is 0 Å². The van der Waals surface area contributed by atoms with E-state index in [0.29, 0.717) is 0 Å². The first-order valence-corrected chi connectivity index (χ1v) is 9.67. The molecule has 1 nitrogen and oxygen atoms in total. The van der Waals surface area contributed by atoms with Crippen molar-refractivity contribution in [1.82, 2.24) is 0 Å². The van der Waals surface area contributed by atoms with Crippen LogP contribution in [0.25, 0.3) is 0 Å². The van der Waals surface area contributed by atoms with Crippen LogP contribution in [0.3, 0.4) is 0 Å². The fourth-order valence-electron chi connectivity index (χ4n) is 0. The Hall–Kier alpha value is 1.50. The summed E-state index contributed by atoms with van der Waals surface area (Å²) in [5.41, 5.74) is 0. The van der Waals surface area contributed by atoms with E-state index < -0.39 is 8.32 Å². The molecule has 0 spiro atoms. The monoisotopic (exact) mass is 252 g/mol. The van der Waals surface area contributed by atoms with Crippen molar-refractivity contribution in [3.63, 3.8) is 0 Å². The van der Waals surface area contributed by atoms with E-state index in [4.69, 9.17) is 4.80 Å². The maximum atomic E-state index is 8.66. The molecule has 0 saturated heterocycles. The first kappa shape index (κ1) is 17.5. The van der Waals surface area contributed by atoms with E-state index in [1.807, 2.05) is 19.6 Å². The molecule has 0 unspecified atom stereocenters. The largest absolute Gasteiger partial charge is 0.433 e. The van der Waals surface area contributed by atoms with E-state index in [2.05, 4.69) is 19.6 Å². The van der Waals surface area contributed by atoms with Crippen LogP contribution in [0.5, 0.6) is 0 Å². The molecule has 0 saturated carbocycles. The fourth-order valence-corrected chi connectivity index (χ4v) is 0. The Kier molecular flexibility index (Phi) is 15.1. The summed E-state index contributed by atoms with van der Waals surface area (Å²) in [5.74, 6) is 0. The van der Waals surface area contributed by atoms with Gasteiger partial charge in [-0.15, -0.1) is 0 Å². The van der Waals surface area contributed by atoms with E-state index in [-0.39, 0.29) is 41.5 Å². The zero-order valence-electron chi connectivity index (χ0n) is 8.02. The molecule has 10 heavy (non-hydrogen) atoms. The van der Waals surface area contributed by atoms with Gasteiger partial charge in [0, 0.05) is 41.5 Å². The smallest absolute Gasteiger partial charge is 0.179 e. The molecule has 0 aliphatic rings. The molecule has 0 aliphatic carbocycles.